The third-order valence-electron chi connectivity index (χ3n) is 2.92. The number of benzene rings is 1. The van der Waals surface area contributed by atoms with Crippen LogP contribution in [0.5, 0.6) is 0 Å². The average Bonchev–Trinajstić information content (AvgIpc) is 2.79. The van der Waals surface area contributed by atoms with E-state index in [-0.39, 0.29) is 10.9 Å². The van der Waals surface area contributed by atoms with Gasteiger partial charge >= 0.3 is 0 Å². The summed E-state index contributed by atoms with van der Waals surface area (Å²) in [5, 5.41) is 1.30. The van der Waals surface area contributed by atoms with Crippen molar-refractivity contribution in [2.24, 2.45) is 0 Å². The van der Waals surface area contributed by atoms with E-state index in [0.29, 0.717) is 0 Å². The summed E-state index contributed by atoms with van der Waals surface area (Å²) in [5.74, 6) is 0. The van der Waals surface area contributed by atoms with Crippen LogP contribution in [0, 0.1) is 0 Å². The van der Waals surface area contributed by atoms with Crippen molar-refractivity contribution in [3.63, 3.8) is 0 Å². The molecule has 2 heterocycles. The van der Waals surface area contributed by atoms with Gasteiger partial charge in [-0.3, -0.25) is 4.40 Å². The number of nitrogens with zero attached hydrogens (tertiary/aromatic N) is 2. The fraction of sp³-hybridized carbons (Fsp3) is 0.133. The lowest BCUT2D eigenvalue weighted by molar-refractivity contribution is 1.05. The van der Waals surface area contributed by atoms with Crippen molar-refractivity contribution in [3.8, 4) is 11.3 Å². The molecule has 2 nitrogen and oxygen atoms in total. The summed E-state index contributed by atoms with van der Waals surface area (Å²) in [5.41, 5.74) is 3.32. The van der Waals surface area contributed by atoms with Gasteiger partial charge in [0.05, 0.1) is 0 Å². The highest BCUT2D eigenvalue weighted by atomic mass is 32.2. The zero-order chi connectivity index (χ0) is 12.5. The number of aromatic nitrogens is 2. The summed E-state index contributed by atoms with van der Waals surface area (Å²) in [6.07, 6.45) is 6.57. The predicted molar refractivity (Wildman–Crippen MR) is 78.1 cm³/mol. The molecule has 0 atom stereocenters. The second-order valence-electron chi connectivity index (χ2n) is 4.38. The molecule has 0 aliphatic heterocycles. The van der Waals surface area contributed by atoms with Gasteiger partial charge in [-0.1, -0.05) is 36.4 Å². The van der Waals surface area contributed by atoms with Gasteiger partial charge in [-0.05, 0) is 12.1 Å². The van der Waals surface area contributed by atoms with E-state index in [1.807, 2.05) is 12.1 Å². The zero-order valence-electron chi connectivity index (χ0n) is 10.5. The molecule has 0 saturated heterocycles. The van der Waals surface area contributed by atoms with E-state index in [2.05, 4.69) is 59.5 Å². The van der Waals surface area contributed by atoms with Crippen LogP contribution >= 0.6 is 0 Å². The Morgan fingerprint density at radius 1 is 0.944 bits per heavy atom. The number of hydrogen-bond donors (Lipinski definition) is 0. The smallest absolute Gasteiger partial charge is 0.259 e. The first-order valence-corrected chi connectivity index (χ1v) is 7.91. The van der Waals surface area contributed by atoms with Crippen molar-refractivity contribution < 1.29 is 0 Å². The first kappa shape index (κ1) is 11.4. The van der Waals surface area contributed by atoms with Gasteiger partial charge in [0.15, 0.2) is 0 Å². The van der Waals surface area contributed by atoms with Crippen LogP contribution in [0.25, 0.3) is 16.9 Å². The van der Waals surface area contributed by atoms with E-state index in [1.165, 1.54) is 10.6 Å². The SMILES string of the molecule is C[S+](C)c1c(-c2ccccc2)nc2ccccn12. The molecule has 3 heteroatoms. The Kier molecular flexibility index (Phi) is 2.84. The molecule has 0 aliphatic rings. The van der Waals surface area contributed by atoms with E-state index < -0.39 is 0 Å². The molecule has 1 aromatic carbocycles. The first-order chi connectivity index (χ1) is 8.77. The summed E-state index contributed by atoms with van der Waals surface area (Å²) in [6, 6.07) is 16.6. The van der Waals surface area contributed by atoms with Crippen molar-refractivity contribution >= 4 is 16.5 Å². The molecule has 0 amide bonds. The molecule has 0 fully saturated rings. The van der Waals surface area contributed by atoms with Gasteiger partial charge in [-0.15, -0.1) is 0 Å². The van der Waals surface area contributed by atoms with Gasteiger partial charge in [-0.2, -0.15) is 0 Å². The minimum absolute atomic E-state index is 0.166. The minimum Gasteiger partial charge on any atom is -0.260 e. The quantitative estimate of drug-likeness (QED) is 0.643. The molecular weight excluding hydrogens is 240 g/mol. The molecule has 18 heavy (non-hydrogen) atoms. The number of pyridine rings is 1. The van der Waals surface area contributed by atoms with E-state index in [0.717, 1.165) is 11.3 Å². The van der Waals surface area contributed by atoms with Crippen LogP contribution < -0.4 is 0 Å². The molecule has 0 unspecified atom stereocenters. The fourth-order valence-electron chi connectivity index (χ4n) is 2.15. The predicted octanol–water partition coefficient (Wildman–Crippen LogP) is 3.24. The molecule has 0 spiro atoms. The molecule has 0 N–H and O–H groups in total. The highest BCUT2D eigenvalue weighted by Crippen LogP contribution is 2.27. The first-order valence-electron chi connectivity index (χ1n) is 5.87. The molecule has 0 saturated carbocycles. The normalized spacial score (nSPS) is 11.3. The van der Waals surface area contributed by atoms with Crippen molar-refractivity contribution in [1.29, 1.82) is 0 Å². The summed E-state index contributed by atoms with van der Waals surface area (Å²) in [6.45, 7) is 0. The zero-order valence-corrected chi connectivity index (χ0v) is 11.3. The van der Waals surface area contributed by atoms with E-state index in [4.69, 9.17) is 4.98 Å². The third-order valence-corrected chi connectivity index (χ3v) is 4.08. The van der Waals surface area contributed by atoms with Gasteiger partial charge in [0.25, 0.3) is 5.03 Å². The number of hydrogen-bond acceptors (Lipinski definition) is 1. The van der Waals surface area contributed by atoms with Crippen LogP contribution in [-0.2, 0) is 10.9 Å². The summed E-state index contributed by atoms with van der Waals surface area (Å²) < 4.78 is 2.20. The standard InChI is InChI=1S/C15H15N2S/c1-18(2)15-14(12-8-4-3-5-9-12)16-13-10-6-7-11-17(13)15/h3-11H,1-2H3/q+1. The molecule has 0 aliphatic carbocycles. The highest BCUT2D eigenvalue weighted by molar-refractivity contribution is 7.95. The molecule has 90 valence electrons. The Morgan fingerprint density at radius 2 is 1.67 bits per heavy atom. The van der Waals surface area contributed by atoms with E-state index in [1.54, 1.807) is 0 Å². The van der Waals surface area contributed by atoms with E-state index >= 15 is 0 Å². The van der Waals surface area contributed by atoms with Crippen LogP contribution in [0.1, 0.15) is 0 Å². The van der Waals surface area contributed by atoms with Gasteiger partial charge in [-0.25, -0.2) is 4.98 Å². The van der Waals surface area contributed by atoms with Crippen LogP contribution in [0.2, 0.25) is 0 Å². The lowest BCUT2D eigenvalue weighted by Crippen LogP contribution is -2.02. The second kappa shape index (κ2) is 4.50. The molecule has 3 rings (SSSR count). The van der Waals surface area contributed by atoms with Gasteiger partial charge < -0.3 is 0 Å². The molecule has 3 aromatic rings. The van der Waals surface area contributed by atoms with Crippen molar-refractivity contribution in [2.45, 2.75) is 5.03 Å². The molecule has 0 bridgehead atoms. The Hall–Kier alpha value is -1.74. The fourth-order valence-corrected chi connectivity index (χ4v) is 3.25. The highest BCUT2D eigenvalue weighted by Gasteiger charge is 2.23. The number of rotatable bonds is 2. The van der Waals surface area contributed by atoms with Gasteiger partial charge in [0, 0.05) is 22.7 Å². The van der Waals surface area contributed by atoms with Gasteiger partial charge in [0.2, 0.25) is 0 Å². The molecule has 2 aromatic heterocycles. The summed E-state index contributed by atoms with van der Waals surface area (Å²) >= 11 is 0. The van der Waals surface area contributed by atoms with Crippen LogP contribution in [0.15, 0.2) is 59.8 Å². The largest absolute Gasteiger partial charge is 0.260 e. The monoisotopic (exact) mass is 255 g/mol. The Morgan fingerprint density at radius 3 is 2.39 bits per heavy atom. The maximum atomic E-state index is 4.77. The van der Waals surface area contributed by atoms with Crippen LogP contribution in [0.4, 0.5) is 0 Å². The molecule has 0 radical (unpaired) electrons. The minimum atomic E-state index is 0.166. The van der Waals surface area contributed by atoms with Gasteiger partial charge in [0.1, 0.15) is 23.9 Å². The molecular formula is C15H15N2S+. The summed E-state index contributed by atoms with van der Waals surface area (Å²) in [4.78, 5) is 4.77. The maximum absolute atomic E-state index is 4.77. The Labute approximate surface area is 110 Å². The third kappa shape index (κ3) is 1.81. The second-order valence-corrected chi connectivity index (χ2v) is 6.40. The summed E-state index contributed by atoms with van der Waals surface area (Å²) in [7, 11) is 0.166. The lowest BCUT2D eigenvalue weighted by atomic mass is 10.2. The van der Waals surface area contributed by atoms with Crippen molar-refractivity contribution in [1.82, 2.24) is 9.38 Å². The number of fused-ring (bicyclic) bond motifs is 1. The average molecular weight is 255 g/mol. The van der Waals surface area contributed by atoms with Crippen molar-refractivity contribution in [2.75, 3.05) is 12.5 Å². The lowest BCUT2D eigenvalue weighted by Gasteiger charge is -2.00. The van der Waals surface area contributed by atoms with Crippen LogP contribution in [0.3, 0.4) is 0 Å². The Bertz CT molecular complexity index is 671. The van der Waals surface area contributed by atoms with Crippen molar-refractivity contribution in [3.05, 3.63) is 54.7 Å². The van der Waals surface area contributed by atoms with E-state index in [9.17, 15) is 0 Å². The van der Waals surface area contributed by atoms with Crippen LogP contribution in [-0.4, -0.2) is 21.9 Å². The maximum Gasteiger partial charge on any atom is 0.259 e. The number of imidazole rings is 1. The Balaban J connectivity index is 2.32. The topological polar surface area (TPSA) is 17.3 Å².